The van der Waals surface area contributed by atoms with Gasteiger partial charge in [-0.05, 0) is 33.6 Å². The highest BCUT2D eigenvalue weighted by Crippen LogP contribution is 2.21. The number of nitrogens with two attached hydrogens (primary N) is 2. The summed E-state index contributed by atoms with van der Waals surface area (Å²) in [6.07, 6.45) is 1.96. The third-order valence-electron chi connectivity index (χ3n) is 2.65. The molecule has 7 nitrogen and oxygen atoms in total. The fourth-order valence-corrected chi connectivity index (χ4v) is 4.55. The Morgan fingerprint density at radius 3 is 1.81 bits per heavy atom. The summed E-state index contributed by atoms with van der Waals surface area (Å²) in [6, 6.07) is 0.548. The van der Waals surface area contributed by atoms with Gasteiger partial charge in [0.15, 0.2) is 0 Å². The molecule has 0 aromatic carbocycles. The lowest BCUT2D eigenvalue weighted by molar-refractivity contribution is -0.116. The summed E-state index contributed by atoms with van der Waals surface area (Å²) in [5, 5.41) is 0. The molecule has 0 rings (SSSR count). The predicted molar refractivity (Wildman–Crippen MR) is 81.1 cm³/mol. The number of carbonyl (C=O) groups is 2. The molecule has 0 heterocycles. The van der Waals surface area contributed by atoms with E-state index >= 15 is 0 Å². The number of carbonyl (C=O) groups excluding carboxylic acids is 2. The van der Waals surface area contributed by atoms with Crippen molar-refractivity contribution < 1.29 is 22.9 Å². The maximum absolute atomic E-state index is 11.2. The molecular weight excluding hydrogens is 292 g/mol. The maximum Gasteiger partial charge on any atom is 0.500 e. The third kappa shape index (κ3) is 7.95. The zero-order valence-electron chi connectivity index (χ0n) is 13.0. The van der Waals surface area contributed by atoms with Gasteiger partial charge < -0.3 is 24.7 Å². The van der Waals surface area contributed by atoms with Gasteiger partial charge in [0.25, 0.3) is 0 Å². The molecule has 0 spiro atoms. The molecular formula is C13H26N2O5Si. The summed E-state index contributed by atoms with van der Waals surface area (Å²) in [4.78, 5) is 22.1. The summed E-state index contributed by atoms with van der Waals surface area (Å²) >= 11 is 0. The Bertz CT molecular complexity index is 357. The molecule has 4 N–H and O–H groups in total. The van der Waals surface area contributed by atoms with Crippen molar-refractivity contribution in [1.29, 1.82) is 0 Å². The van der Waals surface area contributed by atoms with Gasteiger partial charge in [-0.15, -0.1) is 0 Å². The molecule has 0 aliphatic rings. The smallest absolute Gasteiger partial charge is 0.374 e. The minimum absolute atomic E-state index is 0.204. The molecule has 21 heavy (non-hydrogen) atoms. The van der Waals surface area contributed by atoms with E-state index in [1.54, 1.807) is 0 Å². The lowest BCUT2D eigenvalue weighted by Gasteiger charge is -2.28. The maximum atomic E-state index is 11.2. The monoisotopic (exact) mass is 318 g/mol. The Balaban J connectivity index is 4.73. The molecule has 0 saturated carbocycles. The van der Waals surface area contributed by atoms with Crippen molar-refractivity contribution in [2.24, 2.45) is 11.5 Å². The van der Waals surface area contributed by atoms with E-state index in [1.807, 2.05) is 20.8 Å². The van der Waals surface area contributed by atoms with E-state index in [0.29, 0.717) is 38.7 Å². The van der Waals surface area contributed by atoms with E-state index < -0.39 is 20.6 Å². The highest BCUT2D eigenvalue weighted by atomic mass is 28.4. The Labute approximate surface area is 127 Å². The zero-order chi connectivity index (χ0) is 16.3. The van der Waals surface area contributed by atoms with Gasteiger partial charge in [0.05, 0.1) is 0 Å². The van der Waals surface area contributed by atoms with Gasteiger partial charge >= 0.3 is 8.80 Å². The van der Waals surface area contributed by atoms with E-state index in [4.69, 9.17) is 24.7 Å². The van der Waals surface area contributed by atoms with Gasteiger partial charge in [-0.1, -0.05) is 0 Å². The largest absolute Gasteiger partial charge is 0.500 e. The van der Waals surface area contributed by atoms with Crippen LogP contribution in [0.3, 0.4) is 0 Å². The Hall–Kier alpha value is -1.22. The van der Waals surface area contributed by atoms with Crippen molar-refractivity contribution in [3.8, 4) is 0 Å². The summed E-state index contributed by atoms with van der Waals surface area (Å²) in [6.45, 7) is 7.11. The highest BCUT2D eigenvalue weighted by molar-refractivity contribution is 6.60. The van der Waals surface area contributed by atoms with Crippen LogP contribution >= 0.6 is 0 Å². The number of hydrogen-bond donors (Lipinski definition) is 2. The average Bonchev–Trinajstić information content (AvgIpc) is 2.38. The van der Waals surface area contributed by atoms with Gasteiger partial charge in [0.2, 0.25) is 11.8 Å². The van der Waals surface area contributed by atoms with Crippen LogP contribution in [0.2, 0.25) is 6.04 Å². The first-order valence-corrected chi connectivity index (χ1v) is 9.05. The molecule has 0 bridgehead atoms. The van der Waals surface area contributed by atoms with E-state index in [1.165, 1.54) is 0 Å². The number of rotatable bonds is 12. The predicted octanol–water partition coefficient (Wildman–Crippen LogP) is 0.712. The van der Waals surface area contributed by atoms with Crippen LogP contribution in [0, 0.1) is 0 Å². The zero-order valence-corrected chi connectivity index (χ0v) is 14.0. The lowest BCUT2D eigenvalue weighted by atomic mass is 10.1. The molecule has 0 atom stereocenters. The van der Waals surface area contributed by atoms with Gasteiger partial charge in [0, 0.05) is 37.5 Å². The van der Waals surface area contributed by atoms with Crippen LogP contribution in [0.5, 0.6) is 0 Å². The van der Waals surface area contributed by atoms with Gasteiger partial charge in [0.1, 0.15) is 0 Å². The highest BCUT2D eigenvalue weighted by Gasteiger charge is 2.39. The molecule has 122 valence electrons. The topological polar surface area (TPSA) is 114 Å². The van der Waals surface area contributed by atoms with E-state index in [-0.39, 0.29) is 5.57 Å². The van der Waals surface area contributed by atoms with Gasteiger partial charge in [-0.2, -0.15) is 0 Å². The van der Waals surface area contributed by atoms with Crippen LogP contribution in [0.15, 0.2) is 11.6 Å². The Morgan fingerprint density at radius 2 is 1.48 bits per heavy atom. The number of amides is 2. The normalized spacial score (nSPS) is 12.4. The summed E-state index contributed by atoms with van der Waals surface area (Å²) in [5.41, 5.74) is 10.5. The third-order valence-corrected chi connectivity index (χ3v) is 5.81. The molecule has 0 radical (unpaired) electrons. The standard InChI is InChI=1S/C13H26N2O5Si/c1-4-18-21(19-5-2,20-6-3)9-7-8-11(13(15)17)10-12(14)16/h10H,4-9H2,1-3H3,(H2,14,16)(H2,15,17)/b11-10-. The molecule has 0 unspecified atom stereocenters. The average molecular weight is 318 g/mol. The van der Waals surface area contributed by atoms with Crippen molar-refractivity contribution in [3.05, 3.63) is 11.6 Å². The van der Waals surface area contributed by atoms with Crippen molar-refractivity contribution in [3.63, 3.8) is 0 Å². The minimum Gasteiger partial charge on any atom is -0.374 e. The molecule has 8 heteroatoms. The fourth-order valence-electron chi connectivity index (χ4n) is 1.93. The van der Waals surface area contributed by atoms with Crippen LogP contribution in [0.25, 0.3) is 0 Å². The van der Waals surface area contributed by atoms with E-state index in [2.05, 4.69) is 0 Å². The molecule has 2 amide bonds. The van der Waals surface area contributed by atoms with Crippen LogP contribution in [0.4, 0.5) is 0 Å². The first-order valence-electron chi connectivity index (χ1n) is 7.12. The quantitative estimate of drug-likeness (QED) is 0.406. The second kappa shape index (κ2) is 10.5. The van der Waals surface area contributed by atoms with Crippen LogP contribution in [-0.4, -0.2) is 40.4 Å². The van der Waals surface area contributed by atoms with E-state index in [9.17, 15) is 9.59 Å². The molecule has 0 fully saturated rings. The van der Waals surface area contributed by atoms with Gasteiger partial charge in [-0.25, -0.2) is 0 Å². The van der Waals surface area contributed by atoms with Crippen molar-refractivity contribution >= 4 is 20.6 Å². The first kappa shape index (κ1) is 19.8. The van der Waals surface area contributed by atoms with Crippen molar-refractivity contribution in [2.75, 3.05) is 19.8 Å². The first-order chi connectivity index (χ1) is 9.90. The Kier molecular flexibility index (Phi) is 9.88. The van der Waals surface area contributed by atoms with Crippen LogP contribution in [-0.2, 0) is 22.9 Å². The second-order valence-corrected chi connectivity index (χ2v) is 7.00. The van der Waals surface area contributed by atoms with E-state index in [0.717, 1.165) is 6.08 Å². The van der Waals surface area contributed by atoms with Crippen molar-refractivity contribution in [2.45, 2.75) is 39.7 Å². The SMILES string of the molecule is CCO[Si](CCC/C(=C/C(N)=O)C(N)=O)(OCC)OCC. The summed E-state index contributed by atoms with van der Waals surface area (Å²) < 4.78 is 17.1. The number of hydrogen-bond acceptors (Lipinski definition) is 5. The molecule has 0 saturated heterocycles. The molecule has 0 aliphatic carbocycles. The van der Waals surface area contributed by atoms with Crippen molar-refractivity contribution in [1.82, 2.24) is 0 Å². The number of primary amides is 2. The fraction of sp³-hybridized carbons (Fsp3) is 0.692. The second-order valence-electron chi connectivity index (χ2n) is 4.27. The Morgan fingerprint density at radius 1 is 1.00 bits per heavy atom. The summed E-state index contributed by atoms with van der Waals surface area (Å²) in [7, 11) is -2.73. The lowest BCUT2D eigenvalue weighted by Crippen LogP contribution is -2.45. The van der Waals surface area contributed by atoms with Gasteiger partial charge in [-0.3, -0.25) is 9.59 Å². The minimum atomic E-state index is -2.73. The molecule has 0 aliphatic heterocycles. The van der Waals surface area contributed by atoms with Crippen LogP contribution in [0.1, 0.15) is 33.6 Å². The summed E-state index contributed by atoms with van der Waals surface area (Å²) in [5.74, 6) is -1.34. The molecule has 0 aromatic heterocycles. The van der Waals surface area contributed by atoms with Crippen LogP contribution < -0.4 is 11.5 Å². The molecule has 0 aromatic rings.